The van der Waals surface area contributed by atoms with E-state index in [1.54, 1.807) is 14.2 Å². The number of nitrogens with two attached hydrogens (primary N) is 1. The molecule has 1 saturated heterocycles. The van der Waals surface area contributed by atoms with Crippen LogP contribution < -0.4 is 15.2 Å². The van der Waals surface area contributed by atoms with Crippen molar-refractivity contribution in [2.75, 3.05) is 33.9 Å². The summed E-state index contributed by atoms with van der Waals surface area (Å²) in [6.45, 7) is 7.79. The van der Waals surface area contributed by atoms with E-state index in [-0.39, 0.29) is 6.04 Å². The van der Waals surface area contributed by atoms with Crippen LogP contribution in [0.4, 0.5) is 0 Å². The second kappa shape index (κ2) is 7.14. The van der Waals surface area contributed by atoms with Gasteiger partial charge in [0.05, 0.1) is 14.2 Å². The van der Waals surface area contributed by atoms with E-state index in [9.17, 15) is 0 Å². The molecule has 2 rings (SSSR count). The number of hydrogen-bond donors (Lipinski definition) is 1. The molecule has 0 aliphatic carbocycles. The van der Waals surface area contributed by atoms with Gasteiger partial charge in [-0.05, 0) is 43.0 Å². The SMILES string of the molecule is COc1ccc(OC)c(C(N)CN2CCC(C)C(C)C2)c1. The summed E-state index contributed by atoms with van der Waals surface area (Å²) in [7, 11) is 3.35. The smallest absolute Gasteiger partial charge is 0.123 e. The van der Waals surface area contributed by atoms with Gasteiger partial charge in [-0.1, -0.05) is 13.8 Å². The number of piperidine rings is 1. The Hall–Kier alpha value is -1.26. The highest BCUT2D eigenvalue weighted by Gasteiger charge is 2.25. The lowest BCUT2D eigenvalue weighted by Crippen LogP contribution is -2.42. The lowest BCUT2D eigenvalue weighted by atomic mass is 9.88. The third-order valence-corrected chi connectivity index (χ3v) is 4.71. The average Bonchev–Trinajstić information content (AvgIpc) is 2.50. The molecule has 1 aromatic carbocycles. The minimum Gasteiger partial charge on any atom is -0.497 e. The molecule has 0 spiro atoms. The number of nitrogens with zero attached hydrogens (tertiary/aromatic N) is 1. The molecule has 3 unspecified atom stereocenters. The zero-order valence-corrected chi connectivity index (χ0v) is 13.6. The molecule has 0 bridgehead atoms. The van der Waals surface area contributed by atoms with Gasteiger partial charge >= 0.3 is 0 Å². The molecule has 1 aliphatic rings. The van der Waals surface area contributed by atoms with Crippen LogP contribution in [0.15, 0.2) is 18.2 Å². The second-order valence-corrected chi connectivity index (χ2v) is 6.22. The van der Waals surface area contributed by atoms with E-state index < -0.39 is 0 Å². The third kappa shape index (κ3) is 3.89. The molecule has 118 valence electrons. The predicted octanol–water partition coefficient (Wildman–Crippen LogP) is 2.68. The van der Waals surface area contributed by atoms with Crippen LogP contribution in [0.3, 0.4) is 0 Å². The minimum absolute atomic E-state index is 0.0596. The lowest BCUT2D eigenvalue weighted by molar-refractivity contribution is 0.131. The first-order chi connectivity index (χ1) is 10.0. The van der Waals surface area contributed by atoms with Crippen LogP contribution in [0.1, 0.15) is 31.9 Å². The molecule has 4 nitrogen and oxygen atoms in total. The van der Waals surface area contributed by atoms with Gasteiger partial charge in [0.25, 0.3) is 0 Å². The van der Waals surface area contributed by atoms with E-state index in [1.165, 1.54) is 6.42 Å². The first-order valence-electron chi connectivity index (χ1n) is 7.75. The molecule has 2 N–H and O–H groups in total. The maximum atomic E-state index is 6.43. The molecule has 0 radical (unpaired) electrons. The molecule has 0 amide bonds. The molecule has 1 fully saturated rings. The fourth-order valence-electron chi connectivity index (χ4n) is 3.02. The second-order valence-electron chi connectivity index (χ2n) is 6.22. The highest BCUT2D eigenvalue weighted by molar-refractivity contribution is 5.42. The van der Waals surface area contributed by atoms with Crippen LogP contribution in [0.25, 0.3) is 0 Å². The Morgan fingerprint density at radius 3 is 2.62 bits per heavy atom. The Morgan fingerprint density at radius 1 is 1.24 bits per heavy atom. The van der Waals surface area contributed by atoms with Gasteiger partial charge in [0, 0.05) is 24.7 Å². The van der Waals surface area contributed by atoms with Crippen molar-refractivity contribution < 1.29 is 9.47 Å². The van der Waals surface area contributed by atoms with E-state index in [1.807, 2.05) is 18.2 Å². The first kappa shape index (κ1) is 16.1. The zero-order chi connectivity index (χ0) is 15.4. The summed E-state index contributed by atoms with van der Waals surface area (Å²) in [6.07, 6.45) is 1.25. The third-order valence-electron chi connectivity index (χ3n) is 4.71. The topological polar surface area (TPSA) is 47.7 Å². The van der Waals surface area contributed by atoms with E-state index in [2.05, 4.69) is 18.7 Å². The molecule has 1 aromatic rings. The van der Waals surface area contributed by atoms with Gasteiger partial charge < -0.3 is 20.1 Å². The average molecular weight is 292 g/mol. The number of rotatable bonds is 5. The summed E-state index contributed by atoms with van der Waals surface area (Å²) >= 11 is 0. The van der Waals surface area contributed by atoms with E-state index >= 15 is 0 Å². The molecule has 0 saturated carbocycles. The highest BCUT2D eigenvalue weighted by Crippen LogP contribution is 2.30. The number of benzene rings is 1. The maximum Gasteiger partial charge on any atom is 0.123 e. The van der Waals surface area contributed by atoms with Crippen molar-refractivity contribution >= 4 is 0 Å². The summed E-state index contributed by atoms with van der Waals surface area (Å²) in [6, 6.07) is 5.75. The van der Waals surface area contributed by atoms with Crippen molar-refractivity contribution in [3.63, 3.8) is 0 Å². The van der Waals surface area contributed by atoms with Crippen molar-refractivity contribution in [1.29, 1.82) is 0 Å². The number of hydrogen-bond acceptors (Lipinski definition) is 4. The molecule has 21 heavy (non-hydrogen) atoms. The van der Waals surface area contributed by atoms with Gasteiger partial charge in [0.2, 0.25) is 0 Å². The van der Waals surface area contributed by atoms with Gasteiger partial charge in [-0.3, -0.25) is 0 Å². The molecule has 3 atom stereocenters. The van der Waals surface area contributed by atoms with E-state index in [4.69, 9.17) is 15.2 Å². The number of ether oxygens (including phenoxy) is 2. The van der Waals surface area contributed by atoms with Crippen LogP contribution in [-0.2, 0) is 0 Å². The van der Waals surface area contributed by atoms with Crippen molar-refractivity contribution in [2.45, 2.75) is 26.3 Å². The lowest BCUT2D eigenvalue weighted by Gasteiger charge is -2.36. The standard InChI is InChI=1S/C17H28N2O2/c1-12-7-8-19(10-13(12)2)11-16(18)15-9-14(20-3)5-6-17(15)21-4/h5-6,9,12-13,16H,7-8,10-11,18H2,1-4H3. The van der Waals surface area contributed by atoms with Crippen molar-refractivity contribution in [1.82, 2.24) is 4.90 Å². The van der Waals surface area contributed by atoms with Gasteiger partial charge in [-0.15, -0.1) is 0 Å². The summed E-state index contributed by atoms with van der Waals surface area (Å²) in [5.74, 6) is 3.20. The summed E-state index contributed by atoms with van der Waals surface area (Å²) in [5, 5.41) is 0. The Morgan fingerprint density at radius 2 is 2.00 bits per heavy atom. The summed E-state index contributed by atoms with van der Waals surface area (Å²) in [4.78, 5) is 2.47. The van der Waals surface area contributed by atoms with Gasteiger partial charge in [0.1, 0.15) is 11.5 Å². The number of methoxy groups -OCH3 is 2. The normalized spacial score (nSPS) is 24.6. The quantitative estimate of drug-likeness (QED) is 0.906. The van der Waals surface area contributed by atoms with Gasteiger partial charge in [-0.25, -0.2) is 0 Å². The minimum atomic E-state index is -0.0596. The molecular weight excluding hydrogens is 264 g/mol. The van der Waals surface area contributed by atoms with Crippen LogP contribution >= 0.6 is 0 Å². The van der Waals surface area contributed by atoms with Crippen molar-refractivity contribution in [3.8, 4) is 11.5 Å². The Balaban J connectivity index is 2.07. The highest BCUT2D eigenvalue weighted by atomic mass is 16.5. The molecule has 4 heteroatoms. The zero-order valence-electron chi connectivity index (χ0n) is 13.6. The van der Waals surface area contributed by atoms with E-state index in [0.717, 1.165) is 48.5 Å². The molecule has 1 heterocycles. The Labute approximate surface area is 128 Å². The molecular formula is C17H28N2O2. The van der Waals surface area contributed by atoms with Crippen molar-refractivity contribution in [3.05, 3.63) is 23.8 Å². The van der Waals surface area contributed by atoms with E-state index in [0.29, 0.717) is 0 Å². The van der Waals surface area contributed by atoms with Crippen LogP contribution in [0.5, 0.6) is 11.5 Å². The monoisotopic (exact) mass is 292 g/mol. The number of likely N-dealkylation sites (tertiary alicyclic amines) is 1. The Bertz CT molecular complexity index is 464. The largest absolute Gasteiger partial charge is 0.497 e. The fourth-order valence-corrected chi connectivity index (χ4v) is 3.02. The predicted molar refractivity (Wildman–Crippen MR) is 85.9 cm³/mol. The summed E-state index contributed by atoms with van der Waals surface area (Å²) in [5.41, 5.74) is 7.45. The van der Waals surface area contributed by atoms with Crippen LogP contribution in [0, 0.1) is 11.8 Å². The first-order valence-corrected chi connectivity index (χ1v) is 7.75. The summed E-state index contributed by atoms with van der Waals surface area (Å²) < 4.78 is 10.7. The van der Waals surface area contributed by atoms with Gasteiger partial charge in [0.15, 0.2) is 0 Å². The van der Waals surface area contributed by atoms with Crippen LogP contribution in [0.2, 0.25) is 0 Å². The molecule has 0 aromatic heterocycles. The van der Waals surface area contributed by atoms with Crippen molar-refractivity contribution in [2.24, 2.45) is 17.6 Å². The van der Waals surface area contributed by atoms with Gasteiger partial charge in [-0.2, -0.15) is 0 Å². The Kier molecular flexibility index (Phi) is 5.48. The maximum absolute atomic E-state index is 6.43. The van der Waals surface area contributed by atoms with Crippen LogP contribution in [-0.4, -0.2) is 38.8 Å². The molecule has 1 aliphatic heterocycles. The fraction of sp³-hybridized carbons (Fsp3) is 0.647.